The maximum Gasteiger partial charge on any atom is 0.342 e. The number of carboxylic acid groups (broad SMARTS) is 2. The first-order chi connectivity index (χ1) is 17.2. The van der Waals surface area contributed by atoms with E-state index in [1.165, 1.54) is 30.0 Å². The summed E-state index contributed by atoms with van der Waals surface area (Å²) in [4.78, 5) is 56.5. The summed E-state index contributed by atoms with van der Waals surface area (Å²) in [6.45, 7) is 0.544. The van der Waals surface area contributed by atoms with Gasteiger partial charge in [-0.25, -0.2) is 4.79 Å². The Morgan fingerprint density at radius 3 is 2.06 bits per heavy atom. The highest BCUT2D eigenvalue weighted by Gasteiger charge is 2.38. The van der Waals surface area contributed by atoms with Crippen molar-refractivity contribution in [2.75, 3.05) is 18.1 Å². The Kier molecular flexibility index (Phi) is 8.52. The van der Waals surface area contributed by atoms with Gasteiger partial charge in [-0.1, -0.05) is 42.5 Å². The lowest BCUT2D eigenvalue weighted by Crippen LogP contribution is -2.23. The van der Waals surface area contributed by atoms with E-state index in [0.29, 0.717) is 12.4 Å². The third-order valence-corrected chi connectivity index (χ3v) is 5.85. The van der Waals surface area contributed by atoms with Crippen LogP contribution in [-0.4, -0.2) is 56.8 Å². The van der Waals surface area contributed by atoms with Crippen LogP contribution in [-0.2, 0) is 4.79 Å². The van der Waals surface area contributed by atoms with Crippen LogP contribution in [0.4, 0.5) is 5.69 Å². The highest BCUT2D eigenvalue weighted by Crippen LogP contribution is 2.35. The molecular weight excluding hydrogens is 490 g/mol. The summed E-state index contributed by atoms with van der Waals surface area (Å²) < 4.78 is 5.37. The number of carbonyl (C=O) groups excluding carboxylic acids is 2. The van der Waals surface area contributed by atoms with Gasteiger partial charge in [0.25, 0.3) is 5.69 Å². The van der Waals surface area contributed by atoms with Crippen molar-refractivity contribution in [2.24, 2.45) is 0 Å². The molecule has 0 radical (unpaired) electrons. The standard InChI is InChI=1S/C15H7NO6.C10H12O3S/c17-13-7-3-1-2-4-8(7)14(18)11-9(13)5-6-10(15(19)20)12(11)16(21)22;11-10(12)8-14-7-6-13-9-4-2-1-3-5-9/h1-6H,(H,19,20);1-5H,6-8H2,(H,11,12). The minimum atomic E-state index is -1.53. The van der Waals surface area contributed by atoms with E-state index in [4.69, 9.17) is 14.9 Å². The molecule has 3 aromatic carbocycles. The maximum absolute atomic E-state index is 12.5. The third-order valence-electron chi connectivity index (χ3n) is 4.94. The fraction of sp³-hybridized carbons (Fsp3) is 0.120. The number of hydrogen-bond acceptors (Lipinski definition) is 8. The van der Waals surface area contributed by atoms with Crippen LogP contribution < -0.4 is 4.74 Å². The van der Waals surface area contributed by atoms with Gasteiger partial charge in [0.2, 0.25) is 5.78 Å². The number of para-hydroxylation sites is 1. The lowest BCUT2D eigenvalue weighted by molar-refractivity contribution is -0.385. The Morgan fingerprint density at radius 1 is 0.861 bits per heavy atom. The lowest BCUT2D eigenvalue weighted by Gasteiger charge is -2.17. The molecule has 4 rings (SSSR count). The molecule has 0 fully saturated rings. The van der Waals surface area contributed by atoms with E-state index in [1.807, 2.05) is 30.3 Å². The Labute approximate surface area is 208 Å². The molecule has 36 heavy (non-hydrogen) atoms. The zero-order valence-corrected chi connectivity index (χ0v) is 19.4. The molecule has 1 aliphatic carbocycles. The molecule has 10 nitrogen and oxygen atoms in total. The Morgan fingerprint density at radius 2 is 1.47 bits per heavy atom. The fourth-order valence-corrected chi connectivity index (χ4v) is 3.95. The Bertz CT molecular complexity index is 1340. The van der Waals surface area contributed by atoms with Gasteiger partial charge in [-0.05, 0) is 24.3 Å². The molecule has 0 aliphatic heterocycles. The number of aliphatic carboxylic acids is 1. The van der Waals surface area contributed by atoms with E-state index in [9.17, 15) is 29.3 Å². The van der Waals surface area contributed by atoms with E-state index < -0.39 is 45.2 Å². The van der Waals surface area contributed by atoms with Gasteiger partial charge in [-0.2, -0.15) is 0 Å². The third kappa shape index (κ3) is 5.94. The summed E-state index contributed by atoms with van der Waals surface area (Å²) >= 11 is 1.36. The Balaban J connectivity index is 0.000000223. The number of ether oxygens (including phenoxy) is 1. The number of fused-ring (bicyclic) bond motifs is 2. The number of nitro benzene ring substituents is 1. The molecule has 0 spiro atoms. The average Bonchev–Trinajstić information content (AvgIpc) is 2.87. The summed E-state index contributed by atoms with van der Waals surface area (Å²) in [5, 5.41) is 28.7. The van der Waals surface area contributed by atoms with E-state index in [-0.39, 0.29) is 22.4 Å². The molecule has 0 aromatic heterocycles. The molecular formula is C25H19NO9S. The number of rotatable bonds is 8. The van der Waals surface area contributed by atoms with Crippen LogP contribution in [0, 0.1) is 10.1 Å². The van der Waals surface area contributed by atoms with Crippen molar-refractivity contribution < 1.29 is 39.1 Å². The lowest BCUT2D eigenvalue weighted by atomic mass is 9.82. The molecule has 0 heterocycles. The monoisotopic (exact) mass is 509 g/mol. The number of aromatic carboxylic acids is 1. The van der Waals surface area contributed by atoms with Crippen molar-refractivity contribution in [3.05, 3.63) is 105 Å². The van der Waals surface area contributed by atoms with E-state index in [2.05, 4.69) is 0 Å². The van der Waals surface area contributed by atoms with Crippen molar-refractivity contribution in [3.8, 4) is 5.75 Å². The van der Waals surface area contributed by atoms with Crippen molar-refractivity contribution in [1.29, 1.82) is 0 Å². The van der Waals surface area contributed by atoms with Gasteiger partial charge >= 0.3 is 11.9 Å². The first-order valence-electron chi connectivity index (χ1n) is 10.4. The topological polar surface area (TPSA) is 161 Å². The van der Waals surface area contributed by atoms with Gasteiger partial charge in [-0.3, -0.25) is 24.5 Å². The normalized spacial score (nSPS) is 11.4. The molecule has 0 atom stereocenters. The number of thioether (sulfide) groups is 1. The quantitative estimate of drug-likeness (QED) is 0.202. The van der Waals surface area contributed by atoms with E-state index >= 15 is 0 Å². The van der Waals surface area contributed by atoms with Crippen molar-refractivity contribution in [2.45, 2.75) is 0 Å². The minimum absolute atomic E-state index is 0.0330. The summed E-state index contributed by atoms with van der Waals surface area (Å²) in [6, 6.07) is 17.5. The van der Waals surface area contributed by atoms with Crippen LogP contribution in [0.1, 0.15) is 42.2 Å². The van der Waals surface area contributed by atoms with E-state index in [1.54, 1.807) is 6.07 Å². The van der Waals surface area contributed by atoms with Gasteiger partial charge in [-0.15, -0.1) is 11.8 Å². The molecule has 1 aliphatic rings. The van der Waals surface area contributed by atoms with Crippen LogP contribution in [0.3, 0.4) is 0 Å². The molecule has 0 bridgehead atoms. The summed E-state index contributed by atoms with van der Waals surface area (Å²) in [7, 11) is 0. The molecule has 0 saturated heterocycles. The molecule has 11 heteroatoms. The van der Waals surface area contributed by atoms with Crippen LogP contribution in [0.5, 0.6) is 5.75 Å². The number of hydrogen-bond donors (Lipinski definition) is 2. The van der Waals surface area contributed by atoms with Crippen LogP contribution in [0.25, 0.3) is 0 Å². The number of carbonyl (C=O) groups is 4. The zero-order valence-electron chi connectivity index (χ0n) is 18.6. The Hall–Kier alpha value is -4.51. The second-order valence-corrected chi connectivity index (χ2v) is 8.36. The summed E-state index contributed by atoms with van der Waals surface area (Å²) in [5.41, 5.74) is -1.90. The second-order valence-electron chi connectivity index (χ2n) is 7.26. The molecule has 0 amide bonds. The largest absolute Gasteiger partial charge is 0.493 e. The molecule has 0 unspecified atom stereocenters. The zero-order chi connectivity index (χ0) is 26.2. The predicted octanol–water partition coefficient (Wildman–Crippen LogP) is 3.95. The first kappa shape index (κ1) is 26.1. The first-order valence-corrected chi connectivity index (χ1v) is 11.6. The fourth-order valence-electron chi connectivity index (χ4n) is 3.43. The second kappa shape index (κ2) is 11.8. The number of ketones is 2. The molecule has 184 valence electrons. The van der Waals surface area contributed by atoms with Gasteiger partial charge in [0.05, 0.1) is 17.3 Å². The SMILES string of the molecule is O=C(O)CSCCOc1ccccc1.O=C1c2ccccc2C(=O)c2c1ccc(C(=O)O)c2[N+](=O)[O-]. The number of carboxylic acids is 2. The summed E-state index contributed by atoms with van der Waals surface area (Å²) in [5.74, 6) is -1.92. The van der Waals surface area contributed by atoms with Crippen molar-refractivity contribution in [3.63, 3.8) is 0 Å². The van der Waals surface area contributed by atoms with Gasteiger partial charge in [0, 0.05) is 22.4 Å². The summed E-state index contributed by atoms with van der Waals surface area (Å²) in [6.07, 6.45) is 0. The van der Waals surface area contributed by atoms with Crippen molar-refractivity contribution >= 4 is 41.0 Å². The minimum Gasteiger partial charge on any atom is -0.493 e. The van der Waals surface area contributed by atoms with Gasteiger partial charge in [0.15, 0.2) is 5.78 Å². The van der Waals surface area contributed by atoms with Crippen LogP contribution in [0.2, 0.25) is 0 Å². The highest BCUT2D eigenvalue weighted by molar-refractivity contribution is 7.99. The van der Waals surface area contributed by atoms with E-state index in [0.717, 1.165) is 17.9 Å². The molecule has 0 saturated carbocycles. The van der Waals surface area contributed by atoms with Crippen LogP contribution >= 0.6 is 11.8 Å². The molecule has 3 aromatic rings. The number of benzene rings is 3. The van der Waals surface area contributed by atoms with Gasteiger partial charge in [0.1, 0.15) is 16.9 Å². The maximum atomic E-state index is 12.5. The predicted molar refractivity (Wildman–Crippen MR) is 130 cm³/mol. The van der Waals surface area contributed by atoms with Gasteiger partial charge < -0.3 is 14.9 Å². The molecule has 2 N–H and O–H groups in total. The highest BCUT2D eigenvalue weighted by atomic mass is 32.2. The average molecular weight is 509 g/mol. The van der Waals surface area contributed by atoms with Crippen LogP contribution in [0.15, 0.2) is 66.7 Å². The smallest absolute Gasteiger partial charge is 0.342 e. The number of nitrogens with zero attached hydrogens (tertiary/aromatic N) is 1. The van der Waals surface area contributed by atoms with Crippen molar-refractivity contribution in [1.82, 2.24) is 0 Å². The number of nitro groups is 1.